The van der Waals surface area contributed by atoms with Gasteiger partial charge in [-0.2, -0.15) is 5.10 Å². The lowest BCUT2D eigenvalue weighted by Gasteiger charge is -2.20. The number of nitrogens with zero attached hydrogens (tertiary/aromatic N) is 2. The predicted molar refractivity (Wildman–Crippen MR) is 73.3 cm³/mol. The van der Waals surface area contributed by atoms with Crippen molar-refractivity contribution in [2.24, 2.45) is 5.92 Å². The summed E-state index contributed by atoms with van der Waals surface area (Å²) in [7, 11) is 0. The molecule has 1 atom stereocenters. The lowest BCUT2D eigenvalue weighted by atomic mass is 9.93. The number of carbonyl (C=O) groups excluding carboxylic acids is 1. The Morgan fingerprint density at radius 1 is 1.26 bits per heavy atom. The van der Waals surface area contributed by atoms with Crippen LogP contribution in [0.15, 0.2) is 42.6 Å². The molecule has 0 radical (unpaired) electrons. The third-order valence-electron chi connectivity index (χ3n) is 3.51. The zero-order valence-corrected chi connectivity index (χ0v) is 10.7. The zero-order chi connectivity index (χ0) is 13.1. The first-order valence-corrected chi connectivity index (χ1v) is 6.66. The van der Waals surface area contributed by atoms with E-state index in [1.165, 1.54) is 0 Å². The Bertz CT molecular complexity index is 562. The Labute approximate surface area is 112 Å². The van der Waals surface area contributed by atoms with E-state index >= 15 is 0 Å². The largest absolute Gasteiger partial charge is 0.316 e. The van der Waals surface area contributed by atoms with Crippen molar-refractivity contribution in [3.8, 4) is 5.69 Å². The summed E-state index contributed by atoms with van der Waals surface area (Å²) in [6.07, 6.45) is 3.32. The molecule has 4 heteroatoms. The molecule has 0 spiro atoms. The minimum absolute atomic E-state index is 0.0767. The number of rotatable bonds is 3. The quantitative estimate of drug-likeness (QED) is 0.906. The molecular formula is C15H17N3O. The number of para-hydroxylation sites is 1. The third-order valence-corrected chi connectivity index (χ3v) is 3.51. The summed E-state index contributed by atoms with van der Waals surface area (Å²) in [6.45, 7) is 1.59. The fraction of sp³-hybridized carbons (Fsp3) is 0.333. The fourth-order valence-electron chi connectivity index (χ4n) is 2.44. The number of hydrogen-bond donors (Lipinski definition) is 1. The smallest absolute Gasteiger partial charge is 0.138 e. The van der Waals surface area contributed by atoms with Crippen molar-refractivity contribution >= 4 is 5.78 Å². The van der Waals surface area contributed by atoms with Gasteiger partial charge in [0.05, 0.1) is 11.4 Å². The second kappa shape index (κ2) is 5.36. The van der Waals surface area contributed by atoms with Gasteiger partial charge in [0.1, 0.15) is 5.78 Å². The van der Waals surface area contributed by atoms with Crippen molar-refractivity contribution < 1.29 is 4.79 Å². The zero-order valence-electron chi connectivity index (χ0n) is 10.7. The number of hydrogen-bond acceptors (Lipinski definition) is 3. The Balaban J connectivity index is 1.73. The van der Waals surface area contributed by atoms with Gasteiger partial charge in [-0.05, 0) is 18.2 Å². The second-order valence-corrected chi connectivity index (χ2v) is 4.91. The number of ketones is 1. The first-order valence-electron chi connectivity index (χ1n) is 6.66. The molecule has 1 saturated heterocycles. The fourth-order valence-corrected chi connectivity index (χ4v) is 2.44. The van der Waals surface area contributed by atoms with Crippen molar-refractivity contribution in [2.75, 3.05) is 13.1 Å². The first-order chi connectivity index (χ1) is 9.33. The van der Waals surface area contributed by atoms with Crippen LogP contribution in [0.25, 0.3) is 5.69 Å². The van der Waals surface area contributed by atoms with Crippen LogP contribution < -0.4 is 5.32 Å². The number of nitrogens with one attached hydrogen (secondary N) is 1. The molecule has 1 fully saturated rings. The van der Waals surface area contributed by atoms with E-state index in [1.807, 2.05) is 47.3 Å². The number of piperidine rings is 1. The standard InChI is InChI=1S/C15H17N3O/c19-15-6-8-16-11-12(15)10-13-7-9-18(17-13)14-4-2-1-3-5-14/h1-5,7,9,12,16H,6,8,10-11H2. The van der Waals surface area contributed by atoms with Crippen molar-refractivity contribution in [3.63, 3.8) is 0 Å². The minimum atomic E-state index is 0.0767. The van der Waals surface area contributed by atoms with E-state index in [9.17, 15) is 4.79 Å². The van der Waals surface area contributed by atoms with Gasteiger partial charge < -0.3 is 5.32 Å². The summed E-state index contributed by atoms with van der Waals surface area (Å²) in [5, 5.41) is 7.81. The molecule has 1 aliphatic heterocycles. The highest BCUT2D eigenvalue weighted by Gasteiger charge is 2.22. The van der Waals surface area contributed by atoms with Crippen LogP contribution in [0.4, 0.5) is 0 Å². The van der Waals surface area contributed by atoms with Gasteiger partial charge in [0, 0.05) is 38.0 Å². The Kier molecular flexibility index (Phi) is 3.42. The van der Waals surface area contributed by atoms with Gasteiger partial charge in [-0.3, -0.25) is 4.79 Å². The summed E-state index contributed by atoms with van der Waals surface area (Å²) in [5.74, 6) is 0.431. The number of carbonyl (C=O) groups is 1. The summed E-state index contributed by atoms with van der Waals surface area (Å²) in [6, 6.07) is 12.0. The molecule has 1 N–H and O–H groups in total. The van der Waals surface area contributed by atoms with Crippen molar-refractivity contribution in [2.45, 2.75) is 12.8 Å². The monoisotopic (exact) mass is 255 g/mol. The van der Waals surface area contributed by atoms with Crippen molar-refractivity contribution in [3.05, 3.63) is 48.3 Å². The molecule has 1 aliphatic rings. The molecular weight excluding hydrogens is 238 g/mol. The molecule has 4 nitrogen and oxygen atoms in total. The molecule has 1 unspecified atom stereocenters. The number of benzene rings is 1. The van der Waals surface area contributed by atoms with Gasteiger partial charge in [-0.25, -0.2) is 4.68 Å². The summed E-state index contributed by atoms with van der Waals surface area (Å²) < 4.78 is 1.86. The van der Waals surface area contributed by atoms with Crippen LogP contribution in [0, 0.1) is 5.92 Å². The van der Waals surface area contributed by atoms with E-state index in [2.05, 4.69) is 10.4 Å². The Morgan fingerprint density at radius 3 is 2.89 bits per heavy atom. The summed E-state index contributed by atoms with van der Waals surface area (Å²) in [5.41, 5.74) is 2.02. The van der Waals surface area contributed by atoms with Crippen LogP contribution >= 0.6 is 0 Å². The van der Waals surface area contributed by atoms with E-state index in [0.29, 0.717) is 12.2 Å². The lowest BCUT2D eigenvalue weighted by Crippen LogP contribution is -2.38. The maximum Gasteiger partial charge on any atom is 0.138 e. The Hall–Kier alpha value is -1.94. The van der Waals surface area contributed by atoms with E-state index in [1.54, 1.807) is 0 Å². The van der Waals surface area contributed by atoms with E-state index in [0.717, 1.165) is 30.9 Å². The first kappa shape index (κ1) is 12.1. The van der Waals surface area contributed by atoms with Crippen LogP contribution in [-0.4, -0.2) is 28.7 Å². The summed E-state index contributed by atoms with van der Waals surface area (Å²) in [4.78, 5) is 11.8. The molecule has 0 aliphatic carbocycles. The molecule has 3 rings (SSSR count). The van der Waals surface area contributed by atoms with Gasteiger partial charge in [-0.1, -0.05) is 18.2 Å². The predicted octanol–water partition coefficient (Wildman–Crippen LogP) is 1.59. The van der Waals surface area contributed by atoms with Crippen LogP contribution in [0.5, 0.6) is 0 Å². The second-order valence-electron chi connectivity index (χ2n) is 4.91. The van der Waals surface area contributed by atoms with Crippen molar-refractivity contribution in [1.29, 1.82) is 0 Å². The molecule has 0 saturated carbocycles. The van der Waals surface area contributed by atoms with Crippen LogP contribution in [0.2, 0.25) is 0 Å². The molecule has 98 valence electrons. The number of aromatic nitrogens is 2. The van der Waals surface area contributed by atoms with Crippen LogP contribution in [-0.2, 0) is 11.2 Å². The van der Waals surface area contributed by atoms with E-state index < -0.39 is 0 Å². The minimum Gasteiger partial charge on any atom is -0.316 e. The third kappa shape index (κ3) is 2.74. The maximum atomic E-state index is 11.8. The molecule has 2 heterocycles. The normalized spacial score (nSPS) is 19.6. The highest BCUT2D eigenvalue weighted by Crippen LogP contribution is 2.14. The summed E-state index contributed by atoms with van der Waals surface area (Å²) >= 11 is 0. The van der Waals surface area contributed by atoms with E-state index in [-0.39, 0.29) is 5.92 Å². The Morgan fingerprint density at radius 2 is 2.11 bits per heavy atom. The van der Waals surface area contributed by atoms with Crippen LogP contribution in [0.1, 0.15) is 12.1 Å². The van der Waals surface area contributed by atoms with Gasteiger partial charge in [0.15, 0.2) is 0 Å². The van der Waals surface area contributed by atoms with Crippen LogP contribution in [0.3, 0.4) is 0 Å². The van der Waals surface area contributed by atoms with Gasteiger partial charge in [-0.15, -0.1) is 0 Å². The molecule has 1 aromatic carbocycles. The molecule has 0 bridgehead atoms. The average Bonchev–Trinajstić information content (AvgIpc) is 2.91. The average molecular weight is 255 g/mol. The molecule has 2 aromatic rings. The highest BCUT2D eigenvalue weighted by molar-refractivity contribution is 5.82. The van der Waals surface area contributed by atoms with Gasteiger partial charge >= 0.3 is 0 Å². The van der Waals surface area contributed by atoms with E-state index in [4.69, 9.17) is 0 Å². The lowest BCUT2D eigenvalue weighted by molar-refractivity contribution is -0.123. The number of Topliss-reactive ketones (excluding diaryl/α,β-unsaturated/α-hetero) is 1. The maximum absolute atomic E-state index is 11.8. The molecule has 0 amide bonds. The highest BCUT2D eigenvalue weighted by atomic mass is 16.1. The van der Waals surface area contributed by atoms with Gasteiger partial charge in [0.2, 0.25) is 0 Å². The SMILES string of the molecule is O=C1CCNCC1Cc1ccn(-c2ccccc2)n1. The van der Waals surface area contributed by atoms with Crippen molar-refractivity contribution in [1.82, 2.24) is 15.1 Å². The topological polar surface area (TPSA) is 46.9 Å². The molecule has 19 heavy (non-hydrogen) atoms. The van der Waals surface area contributed by atoms with Gasteiger partial charge in [0.25, 0.3) is 0 Å². The molecule has 1 aromatic heterocycles.